The lowest BCUT2D eigenvalue weighted by molar-refractivity contribution is 0.100. The number of nitrogens with two attached hydrogens (primary N) is 1. The van der Waals surface area contributed by atoms with Crippen molar-refractivity contribution in [2.24, 2.45) is 5.73 Å². The van der Waals surface area contributed by atoms with Gasteiger partial charge in [-0.1, -0.05) is 11.6 Å². The minimum atomic E-state index is -0.513. The van der Waals surface area contributed by atoms with Crippen molar-refractivity contribution in [3.05, 3.63) is 28.8 Å². The second-order valence-corrected chi connectivity index (χ2v) is 4.17. The molecule has 1 atom stereocenters. The van der Waals surface area contributed by atoms with Gasteiger partial charge in [-0.25, -0.2) is 0 Å². The van der Waals surface area contributed by atoms with Crippen LogP contribution in [0, 0.1) is 0 Å². The molecule has 0 radical (unpaired) electrons. The lowest BCUT2D eigenvalue weighted by Gasteiger charge is -2.12. The van der Waals surface area contributed by atoms with Crippen molar-refractivity contribution in [3.8, 4) is 0 Å². The third kappa shape index (κ3) is 2.46. The van der Waals surface area contributed by atoms with Gasteiger partial charge in [0.25, 0.3) is 0 Å². The van der Waals surface area contributed by atoms with E-state index in [0.29, 0.717) is 23.2 Å². The van der Waals surface area contributed by atoms with Crippen LogP contribution in [0.1, 0.15) is 16.8 Å². The summed E-state index contributed by atoms with van der Waals surface area (Å²) in [5, 5.41) is 3.66. The first-order valence-corrected chi connectivity index (χ1v) is 5.48. The van der Waals surface area contributed by atoms with Crippen LogP contribution in [0.15, 0.2) is 18.2 Å². The third-order valence-corrected chi connectivity index (χ3v) is 2.85. The molecule has 1 heterocycles. The Bertz CT molecular complexity index is 403. The molecule has 1 aromatic rings. The number of benzene rings is 1. The number of carbonyl (C=O) groups is 1. The van der Waals surface area contributed by atoms with E-state index in [1.54, 1.807) is 18.2 Å². The lowest BCUT2D eigenvalue weighted by Crippen LogP contribution is -2.19. The summed E-state index contributed by atoms with van der Waals surface area (Å²) in [6, 6.07) is 5.45. The minimum absolute atomic E-state index is 0.315. The molecule has 3 N–H and O–H groups in total. The van der Waals surface area contributed by atoms with Crippen molar-refractivity contribution < 1.29 is 9.53 Å². The Hall–Kier alpha value is -1.26. The number of ether oxygens (including phenoxy) is 1. The average molecular weight is 241 g/mol. The topological polar surface area (TPSA) is 64.4 Å². The molecule has 1 unspecified atom stereocenters. The predicted octanol–water partition coefficient (Wildman–Crippen LogP) is 1.64. The number of anilines is 1. The van der Waals surface area contributed by atoms with E-state index in [9.17, 15) is 4.79 Å². The van der Waals surface area contributed by atoms with Gasteiger partial charge in [0.05, 0.1) is 23.2 Å². The maximum absolute atomic E-state index is 11.0. The van der Waals surface area contributed by atoms with E-state index >= 15 is 0 Å². The smallest absolute Gasteiger partial charge is 0.250 e. The molecule has 2 rings (SSSR count). The predicted molar refractivity (Wildman–Crippen MR) is 62.8 cm³/mol. The van der Waals surface area contributed by atoms with Crippen LogP contribution in [0.3, 0.4) is 0 Å². The summed E-state index contributed by atoms with van der Waals surface area (Å²) in [7, 11) is 0. The molecule has 1 aliphatic heterocycles. The summed E-state index contributed by atoms with van der Waals surface area (Å²) in [6.45, 7) is 1.49. The van der Waals surface area contributed by atoms with Crippen molar-refractivity contribution in [3.63, 3.8) is 0 Å². The number of nitrogens with one attached hydrogen (secondary N) is 1. The molecular weight excluding hydrogens is 228 g/mol. The van der Waals surface area contributed by atoms with Gasteiger partial charge in [-0.2, -0.15) is 0 Å². The standard InChI is InChI=1S/C11H13ClN2O2/c12-10-5-7(1-2-9(10)11(13)15)14-8-3-4-16-6-8/h1-2,5,8,14H,3-4,6H2,(H2,13,15). The highest BCUT2D eigenvalue weighted by molar-refractivity contribution is 6.34. The van der Waals surface area contributed by atoms with Crippen LogP contribution in [0.5, 0.6) is 0 Å². The van der Waals surface area contributed by atoms with E-state index in [1.807, 2.05) is 0 Å². The fourth-order valence-corrected chi connectivity index (χ4v) is 1.96. The number of hydrogen-bond acceptors (Lipinski definition) is 3. The monoisotopic (exact) mass is 240 g/mol. The molecule has 1 saturated heterocycles. The van der Waals surface area contributed by atoms with E-state index in [1.165, 1.54) is 0 Å². The Morgan fingerprint density at radius 2 is 2.38 bits per heavy atom. The Kier molecular flexibility index (Phi) is 3.31. The molecule has 0 aliphatic carbocycles. The third-order valence-electron chi connectivity index (χ3n) is 2.54. The Balaban J connectivity index is 2.11. The molecule has 1 amide bonds. The molecule has 0 aromatic heterocycles. The van der Waals surface area contributed by atoms with E-state index < -0.39 is 5.91 Å². The van der Waals surface area contributed by atoms with Gasteiger partial charge in [-0.15, -0.1) is 0 Å². The highest BCUT2D eigenvalue weighted by atomic mass is 35.5. The average Bonchev–Trinajstić information content (AvgIpc) is 2.70. The first-order valence-electron chi connectivity index (χ1n) is 5.10. The number of halogens is 1. The van der Waals surface area contributed by atoms with Crippen molar-refractivity contribution in [1.82, 2.24) is 0 Å². The van der Waals surface area contributed by atoms with Crippen molar-refractivity contribution >= 4 is 23.2 Å². The van der Waals surface area contributed by atoms with Gasteiger partial charge in [0.15, 0.2) is 0 Å². The first kappa shape index (κ1) is 11.2. The molecule has 0 spiro atoms. The van der Waals surface area contributed by atoms with E-state index in [4.69, 9.17) is 22.1 Å². The maximum atomic E-state index is 11.0. The van der Waals surface area contributed by atoms with Crippen LogP contribution >= 0.6 is 11.6 Å². The summed E-state index contributed by atoms with van der Waals surface area (Å²) in [6.07, 6.45) is 0.981. The van der Waals surface area contributed by atoms with E-state index in [2.05, 4.69) is 5.32 Å². The SMILES string of the molecule is NC(=O)c1ccc(NC2CCOC2)cc1Cl. The number of rotatable bonds is 3. The summed E-state index contributed by atoms with van der Waals surface area (Å²) in [5.74, 6) is -0.513. The first-order chi connectivity index (χ1) is 7.66. The van der Waals surface area contributed by atoms with Gasteiger partial charge in [0, 0.05) is 12.3 Å². The van der Waals surface area contributed by atoms with Crippen LogP contribution in [-0.2, 0) is 4.74 Å². The summed E-state index contributed by atoms with van der Waals surface area (Å²) < 4.78 is 5.25. The summed E-state index contributed by atoms with van der Waals surface area (Å²) in [5.41, 5.74) is 6.39. The van der Waals surface area contributed by atoms with E-state index in [-0.39, 0.29) is 0 Å². The van der Waals surface area contributed by atoms with Crippen LogP contribution in [0.25, 0.3) is 0 Å². The largest absolute Gasteiger partial charge is 0.380 e. The minimum Gasteiger partial charge on any atom is -0.380 e. The Morgan fingerprint density at radius 3 is 2.94 bits per heavy atom. The molecule has 86 valence electrons. The molecule has 5 heteroatoms. The van der Waals surface area contributed by atoms with Gasteiger partial charge in [0.1, 0.15) is 0 Å². The van der Waals surface area contributed by atoms with Crippen molar-refractivity contribution in [1.29, 1.82) is 0 Å². The normalized spacial score (nSPS) is 19.7. The van der Waals surface area contributed by atoms with Crippen molar-refractivity contribution in [2.45, 2.75) is 12.5 Å². The molecule has 4 nitrogen and oxygen atoms in total. The Labute approximate surface area is 98.7 Å². The molecule has 1 aromatic carbocycles. The second kappa shape index (κ2) is 4.72. The maximum Gasteiger partial charge on any atom is 0.250 e. The molecule has 0 bridgehead atoms. The zero-order valence-electron chi connectivity index (χ0n) is 8.70. The number of carbonyl (C=O) groups excluding carboxylic acids is 1. The molecule has 1 aliphatic rings. The fraction of sp³-hybridized carbons (Fsp3) is 0.364. The Morgan fingerprint density at radius 1 is 1.56 bits per heavy atom. The molecule has 0 saturated carbocycles. The van der Waals surface area contributed by atoms with Gasteiger partial charge in [0.2, 0.25) is 5.91 Å². The zero-order valence-corrected chi connectivity index (χ0v) is 9.46. The molecular formula is C11H13ClN2O2. The zero-order chi connectivity index (χ0) is 11.5. The van der Waals surface area contributed by atoms with Gasteiger partial charge in [-0.05, 0) is 24.6 Å². The quantitative estimate of drug-likeness (QED) is 0.844. The van der Waals surface area contributed by atoms with Crippen LogP contribution < -0.4 is 11.1 Å². The highest BCUT2D eigenvalue weighted by Crippen LogP contribution is 2.22. The lowest BCUT2D eigenvalue weighted by atomic mass is 10.1. The van der Waals surface area contributed by atoms with Gasteiger partial charge < -0.3 is 15.8 Å². The van der Waals surface area contributed by atoms with Crippen molar-refractivity contribution in [2.75, 3.05) is 18.5 Å². The summed E-state index contributed by atoms with van der Waals surface area (Å²) >= 11 is 5.94. The molecule has 1 fully saturated rings. The fourth-order valence-electron chi connectivity index (χ4n) is 1.69. The van der Waals surface area contributed by atoms with Gasteiger partial charge in [-0.3, -0.25) is 4.79 Å². The van der Waals surface area contributed by atoms with E-state index in [0.717, 1.165) is 18.7 Å². The highest BCUT2D eigenvalue weighted by Gasteiger charge is 2.15. The summed E-state index contributed by atoms with van der Waals surface area (Å²) in [4.78, 5) is 11.0. The second-order valence-electron chi connectivity index (χ2n) is 3.76. The van der Waals surface area contributed by atoms with Crippen LogP contribution in [-0.4, -0.2) is 25.2 Å². The molecule has 16 heavy (non-hydrogen) atoms. The van der Waals surface area contributed by atoms with Crippen LogP contribution in [0.4, 0.5) is 5.69 Å². The number of primary amides is 1. The number of amides is 1. The van der Waals surface area contributed by atoms with Gasteiger partial charge >= 0.3 is 0 Å². The number of hydrogen-bond donors (Lipinski definition) is 2. The van der Waals surface area contributed by atoms with Crippen LogP contribution in [0.2, 0.25) is 5.02 Å².